The third kappa shape index (κ3) is 7.09. The van der Waals surface area contributed by atoms with E-state index in [1.165, 1.54) is 25.7 Å². The molecular weight excluding hydrogens is 266 g/mol. The first kappa shape index (κ1) is 18.9. The Kier molecular flexibility index (Phi) is 9.49. The molecule has 1 aliphatic rings. The van der Waals surface area contributed by atoms with Gasteiger partial charge in [0.25, 0.3) is 0 Å². The standard InChI is InChI=1S/C17H35NO3/c1-15(2)16-6-8-17(9-7-16,14-18-3)21-11-5-10-20-13-12-19-4/h15-16,18H,5-14H2,1-4H3. The molecular formula is C17H35NO3. The van der Waals surface area contributed by atoms with Gasteiger partial charge in [-0.2, -0.15) is 0 Å². The van der Waals surface area contributed by atoms with Crippen LogP contribution in [-0.4, -0.2) is 52.7 Å². The zero-order chi connectivity index (χ0) is 15.6. The minimum Gasteiger partial charge on any atom is -0.382 e. The van der Waals surface area contributed by atoms with E-state index in [9.17, 15) is 0 Å². The first-order valence-electron chi connectivity index (χ1n) is 8.49. The second-order valence-electron chi connectivity index (χ2n) is 6.60. The largest absolute Gasteiger partial charge is 0.382 e. The van der Waals surface area contributed by atoms with Crippen molar-refractivity contribution in [2.24, 2.45) is 11.8 Å². The minimum atomic E-state index is 0.0483. The van der Waals surface area contributed by atoms with Crippen LogP contribution < -0.4 is 5.32 Å². The topological polar surface area (TPSA) is 39.7 Å². The molecule has 0 aromatic rings. The zero-order valence-corrected chi connectivity index (χ0v) is 14.5. The van der Waals surface area contributed by atoms with Gasteiger partial charge in [0.2, 0.25) is 0 Å². The molecule has 0 heterocycles. The molecule has 4 heteroatoms. The van der Waals surface area contributed by atoms with E-state index in [2.05, 4.69) is 19.2 Å². The van der Waals surface area contributed by atoms with Crippen LogP contribution in [0, 0.1) is 11.8 Å². The number of methoxy groups -OCH3 is 1. The van der Waals surface area contributed by atoms with Crippen LogP contribution in [0.2, 0.25) is 0 Å². The van der Waals surface area contributed by atoms with Gasteiger partial charge in [-0.15, -0.1) is 0 Å². The van der Waals surface area contributed by atoms with Gasteiger partial charge in [0.15, 0.2) is 0 Å². The van der Waals surface area contributed by atoms with E-state index in [1.807, 2.05) is 7.05 Å². The Bertz CT molecular complexity index is 250. The molecule has 4 nitrogen and oxygen atoms in total. The summed E-state index contributed by atoms with van der Waals surface area (Å²) in [7, 11) is 3.72. The van der Waals surface area contributed by atoms with Crippen LogP contribution in [0.15, 0.2) is 0 Å². The highest BCUT2D eigenvalue weighted by Gasteiger charge is 2.36. The summed E-state index contributed by atoms with van der Waals surface area (Å²) in [5.41, 5.74) is 0.0483. The minimum absolute atomic E-state index is 0.0483. The molecule has 0 unspecified atom stereocenters. The van der Waals surface area contributed by atoms with Gasteiger partial charge in [-0.3, -0.25) is 0 Å². The number of likely N-dealkylation sites (N-methyl/N-ethyl adjacent to an activating group) is 1. The van der Waals surface area contributed by atoms with Gasteiger partial charge < -0.3 is 19.5 Å². The number of rotatable bonds is 11. The fourth-order valence-electron chi connectivity index (χ4n) is 3.22. The maximum absolute atomic E-state index is 6.27. The first-order chi connectivity index (χ1) is 10.1. The molecule has 126 valence electrons. The molecule has 0 atom stereocenters. The predicted octanol–water partition coefficient (Wildman–Crippen LogP) is 2.86. The highest BCUT2D eigenvalue weighted by atomic mass is 16.5. The van der Waals surface area contributed by atoms with Gasteiger partial charge >= 0.3 is 0 Å². The second-order valence-corrected chi connectivity index (χ2v) is 6.60. The van der Waals surface area contributed by atoms with E-state index in [0.29, 0.717) is 13.2 Å². The molecule has 0 aromatic heterocycles. The third-order valence-electron chi connectivity index (χ3n) is 4.66. The molecule has 1 fully saturated rings. The summed E-state index contributed by atoms with van der Waals surface area (Å²) in [6.07, 6.45) is 5.92. The Hall–Kier alpha value is -0.160. The molecule has 1 N–H and O–H groups in total. The van der Waals surface area contributed by atoms with Gasteiger partial charge in [-0.05, 0) is 51.0 Å². The van der Waals surface area contributed by atoms with Crippen LogP contribution >= 0.6 is 0 Å². The Morgan fingerprint density at radius 2 is 1.81 bits per heavy atom. The van der Waals surface area contributed by atoms with Crippen LogP contribution in [0.25, 0.3) is 0 Å². The normalized spacial score (nSPS) is 26.4. The van der Waals surface area contributed by atoms with Crippen LogP contribution in [-0.2, 0) is 14.2 Å². The molecule has 1 saturated carbocycles. The highest BCUT2D eigenvalue weighted by Crippen LogP contribution is 2.37. The van der Waals surface area contributed by atoms with Crippen molar-refractivity contribution >= 4 is 0 Å². The lowest BCUT2D eigenvalue weighted by Gasteiger charge is -2.41. The van der Waals surface area contributed by atoms with Crippen molar-refractivity contribution in [3.05, 3.63) is 0 Å². The lowest BCUT2D eigenvalue weighted by molar-refractivity contribution is -0.0837. The molecule has 0 aromatic carbocycles. The molecule has 0 radical (unpaired) electrons. The smallest absolute Gasteiger partial charge is 0.0806 e. The fraction of sp³-hybridized carbons (Fsp3) is 1.00. The van der Waals surface area contributed by atoms with E-state index < -0.39 is 0 Å². The van der Waals surface area contributed by atoms with Crippen molar-refractivity contribution in [1.29, 1.82) is 0 Å². The number of ether oxygens (including phenoxy) is 3. The van der Waals surface area contributed by atoms with Crippen LogP contribution in [0.4, 0.5) is 0 Å². The lowest BCUT2D eigenvalue weighted by Crippen LogP contribution is -2.45. The third-order valence-corrected chi connectivity index (χ3v) is 4.66. The quantitative estimate of drug-likeness (QED) is 0.596. The zero-order valence-electron chi connectivity index (χ0n) is 14.5. The maximum Gasteiger partial charge on any atom is 0.0806 e. The fourth-order valence-corrected chi connectivity index (χ4v) is 3.22. The van der Waals surface area contributed by atoms with Crippen molar-refractivity contribution in [2.75, 3.05) is 47.1 Å². The molecule has 0 bridgehead atoms. The number of nitrogens with one attached hydrogen (secondary N) is 1. The number of hydrogen-bond acceptors (Lipinski definition) is 4. The van der Waals surface area contributed by atoms with E-state index >= 15 is 0 Å². The van der Waals surface area contributed by atoms with E-state index in [4.69, 9.17) is 14.2 Å². The van der Waals surface area contributed by atoms with E-state index in [0.717, 1.165) is 38.0 Å². The van der Waals surface area contributed by atoms with Crippen molar-refractivity contribution in [2.45, 2.75) is 51.6 Å². The van der Waals surface area contributed by atoms with Crippen molar-refractivity contribution in [3.8, 4) is 0 Å². The van der Waals surface area contributed by atoms with Crippen LogP contribution in [0.5, 0.6) is 0 Å². The predicted molar refractivity (Wildman–Crippen MR) is 86.7 cm³/mol. The summed E-state index contributed by atoms with van der Waals surface area (Å²) in [6, 6.07) is 0. The van der Waals surface area contributed by atoms with Gasteiger partial charge in [-0.1, -0.05) is 13.8 Å². The summed E-state index contributed by atoms with van der Waals surface area (Å²) < 4.78 is 16.7. The summed E-state index contributed by atoms with van der Waals surface area (Å²) in [4.78, 5) is 0. The van der Waals surface area contributed by atoms with E-state index in [-0.39, 0.29) is 5.60 Å². The monoisotopic (exact) mass is 301 g/mol. The Balaban J connectivity index is 2.24. The first-order valence-corrected chi connectivity index (χ1v) is 8.49. The Morgan fingerprint density at radius 3 is 2.38 bits per heavy atom. The highest BCUT2D eigenvalue weighted by molar-refractivity contribution is 4.89. The molecule has 0 aliphatic heterocycles. The maximum atomic E-state index is 6.27. The van der Waals surface area contributed by atoms with Crippen LogP contribution in [0.3, 0.4) is 0 Å². The SMILES string of the molecule is CNCC1(OCCCOCCOC)CCC(C(C)C)CC1. The van der Waals surface area contributed by atoms with Crippen molar-refractivity contribution in [1.82, 2.24) is 5.32 Å². The Labute approximate surface area is 130 Å². The van der Waals surface area contributed by atoms with E-state index in [1.54, 1.807) is 7.11 Å². The van der Waals surface area contributed by atoms with Crippen molar-refractivity contribution < 1.29 is 14.2 Å². The lowest BCUT2D eigenvalue weighted by atomic mass is 9.74. The summed E-state index contributed by atoms with van der Waals surface area (Å²) in [5, 5.41) is 3.32. The molecule has 0 amide bonds. The molecule has 1 aliphatic carbocycles. The second kappa shape index (κ2) is 10.5. The molecule has 1 rings (SSSR count). The van der Waals surface area contributed by atoms with Gasteiger partial charge in [0.1, 0.15) is 0 Å². The average Bonchev–Trinajstić information content (AvgIpc) is 2.47. The summed E-state index contributed by atoms with van der Waals surface area (Å²) in [6.45, 7) is 8.54. The molecule has 0 spiro atoms. The van der Waals surface area contributed by atoms with Gasteiger partial charge in [-0.25, -0.2) is 0 Å². The Morgan fingerprint density at radius 1 is 1.10 bits per heavy atom. The summed E-state index contributed by atoms with van der Waals surface area (Å²) in [5.74, 6) is 1.67. The van der Waals surface area contributed by atoms with Gasteiger partial charge in [0.05, 0.1) is 18.8 Å². The van der Waals surface area contributed by atoms with Crippen molar-refractivity contribution in [3.63, 3.8) is 0 Å². The van der Waals surface area contributed by atoms with Crippen LogP contribution in [0.1, 0.15) is 46.0 Å². The summed E-state index contributed by atoms with van der Waals surface area (Å²) >= 11 is 0. The molecule has 0 saturated heterocycles. The average molecular weight is 301 g/mol. The van der Waals surface area contributed by atoms with Gasteiger partial charge in [0, 0.05) is 26.9 Å². The molecule has 21 heavy (non-hydrogen) atoms. The number of hydrogen-bond donors (Lipinski definition) is 1.